The van der Waals surface area contributed by atoms with E-state index in [1.807, 2.05) is 30.0 Å². The molecule has 5 heteroatoms. The number of primary amides is 1. The van der Waals surface area contributed by atoms with Gasteiger partial charge in [-0.3, -0.25) is 4.79 Å². The maximum Gasteiger partial charge on any atom is 0.236 e. The third-order valence-electron chi connectivity index (χ3n) is 2.04. The summed E-state index contributed by atoms with van der Waals surface area (Å²) in [7, 11) is 1.80. The van der Waals surface area contributed by atoms with Crippen molar-refractivity contribution >= 4 is 17.5 Å². The molecule has 1 aromatic rings. The van der Waals surface area contributed by atoms with E-state index in [-0.39, 0.29) is 12.5 Å². The van der Waals surface area contributed by atoms with E-state index < -0.39 is 0 Å². The molecule has 0 fully saturated rings. The minimum Gasteiger partial charge on any atom is -0.373 e. The molecule has 0 atom stereocenters. The number of carbonyl (C=O) groups is 1. The van der Waals surface area contributed by atoms with Crippen molar-refractivity contribution < 1.29 is 4.79 Å². The van der Waals surface area contributed by atoms with Crippen molar-refractivity contribution in [3.8, 4) is 0 Å². The molecule has 0 aromatic carbocycles. The van der Waals surface area contributed by atoms with Crippen LogP contribution >= 0.6 is 0 Å². The van der Waals surface area contributed by atoms with Gasteiger partial charge in [-0.2, -0.15) is 0 Å². The van der Waals surface area contributed by atoms with Gasteiger partial charge >= 0.3 is 0 Å². The van der Waals surface area contributed by atoms with Crippen molar-refractivity contribution in [2.45, 2.75) is 6.92 Å². The van der Waals surface area contributed by atoms with Crippen LogP contribution in [0.1, 0.15) is 6.92 Å². The van der Waals surface area contributed by atoms with E-state index in [0.29, 0.717) is 6.54 Å². The number of nitrogens with two attached hydrogens (primary N) is 1. The molecule has 3 N–H and O–H groups in total. The van der Waals surface area contributed by atoms with Crippen LogP contribution in [-0.2, 0) is 4.79 Å². The Morgan fingerprint density at radius 2 is 2.33 bits per heavy atom. The number of pyridine rings is 1. The Bertz CT molecular complexity index is 340. The van der Waals surface area contributed by atoms with Crippen molar-refractivity contribution in [3.05, 3.63) is 18.2 Å². The van der Waals surface area contributed by atoms with Crippen LogP contribution in [0, 0.1) is 0 Å². The van der Waals surface area contributed by atoms with Crippen LogP contribution in [0.2, 0.25) is 0 Å². The lowest BCUT2D eigenvalue weighted by molar-refractivity contribution is -0.116. The molecule has 0 unspecified atom stereocenters. The number of amides is 1. The Morgan fingerprint density at radius 1 is 1.60 bits per heavy atom. The molecule has 1 amide bonds. The van der Waals surface area contributed by atoms with E-state index in [0.717, 1.165) is 11.6 Å². The molecule has 15 heavy (non-hydrogen) atoms. The first-order valence-corrected chi connectivity index (χ1v) is 4.85. The van der Waals surface area contributed by atoms with E-state index in [1.54, 1.807) is 7.05 Å². The van der Waals surface area contributed by atoms with E-state index in [9.17, 15) is 4.79 Å². The van der Waals surface area contributed by atoms with Crippen LogP contribution < -0.4 is 16.0 Å². The summed E-state index contributed by atoms with van der Waals surface area (Å²) in [6.45, 7) is 2.84. The topological polar surface area (TPSA) is 71.2 Å². The molecular weight excluding hydrogens is 192 g/mol. The minimum absolute atomic E-state index is 0.191. The molecule has 0 radical (unpaired) electrons. The zero-order valence-electron chi connectivity index (χ0n) is 9.03. The van der Waals surface area contributed by atoms with Crippen molar-refractivity contribution in [1.29, 1.82) is 0 Å². The van der Waals surface area contributed by atoms with Crippen molar-refractivity contribution in [1.82, 2.24) is 4.98 Å². The number of rotatable bonds is 5. The Morgan fingerprint density at radius 3 is 2.87 bits per heavy atom. The summed E-state index contributed by atoms with van der Waals surface area (Å²) in [5.74, 6) is 1.17. The predicted molar refractivity (Wildman–Crippen MR) is 60.9 cm³/mol. The highest BCUT2D eigenvalue weighted by Gasteiger charge is 2.08. The average molecular weight is 208 g/mol. The SMILES string of the molecule is CCN(CC(N)=O)c1cccc(NC)n1. The second kappa shape index (κ2) is 5.19. The lowest BCUT2D eigenvalue weighted by atomic mass is 10.4. The van der Waals surface area contributed by atoms with Gasteiger partial charge in [0.15, 0.2) is 0 Å². The van der Waals surface area contributed by atoms with E-state index in [2.05, 4.69) is 10.3 Å². The number of hydrogen-bond donors (Lipinski definition) is 2. The number of anilines is 2. The summed E-state index contributed by atoms with van der Waals surface area (Å²) in [6.07, 6.45) is 0. The van der Waals surface area contributed by atoms with Gasteiger partial charge in [0.05, 0.1) is 6.54 Å². The zero-order valence-corrected chi connectivity index (χ0v) is 9.03. The molecule has 0 aliphatic carbocycles. The van der Waals surface area contributed by atoms with Crippen LogP contribution in [0.3, 0.4) is 0 Å². The van der Waals surface area contributed by atoms with E-state index in [4.69, 9.17) is 5.73 Å². The van der Waals surface area contributed by atoms with Gasteiger partial charge in [0, 0.05) is 13.6 Å². The first-order chi connectivity index (χ1) is 7.17. The summed E-state index contributed by atoms with van der Waals surface area (Å²) < 4.78 is 0. The Labute approximate surface area is 89.3 Å². The third kappa shape index (κ3) is 3.12. The second-order valence-corrected chi connectivity index (χ2v) is 3.11. The zero-order chi connectivity index (χ0) is 11.3. The monoisotopic (exact) mass is 208 g/mol. The molecule has 0 saturated carbocycles. The average Bonchev–Trinajstić information content (AvgIpc) is 2.25. The number of nitrogens with zero attached hydrogens (tertiary/aromatic N) is 2. The fourth-order valence-corrected chi connectivity index (χ4v) is 1.28. The highest BCUT2D eigenvalue weighted by Crippen LogP contribution is 2.13. The highest BCUT2D eigenvalue weighted by molar-refractivity contribution is 5.79. The fourth-order valence-electron chi connectivity index (χ4n) is 1.28. The number of aromatic nitrogens is 1. The van der Waals surface area contributed by atoms with Crippen LogP contribution in [0.5, 0.6) is 0 Å². The summed E-state index contributed by atoms with van der Waals surface area (Å²) in [6, 6.07) is 5.60. The minimum atomic E-state index is -0.353. The molecule has 0 aliphatic rings. The number of hydrogen-bond acceptors (Lipinski definition) is 4. The smallest absolute Gasteiger partial charge is 0.236 e. The quantitative estimate of drug-likeness (QED) is 0.736. The first kappa shape index (κ1) is 11.3. The molecule has 1 aromatic heterocycles. The molecular formula is C10H16N4O. The summed E-state index contributed by atoms with van der Waals surface area (Å²) in [4.78, 5) is 17.0. The molecule has 1 heterocycles. The van der Waals surface area contributed by atoms with Gasteiger partial charge in [0.2, 0.25) is 5.91 Å². The second-order valence-electron chi connectivity index (χ2n) is 3.11. The number of carbonyl (C=O) groups excluding carboxylic acids is 1. The van der Waals surface area contributed by atoms with Crippen LogP contribution in [0.25, 0.3) is 0 Å². The first-order valence-electron chi connectivity index (χ1n) is 4.85. The summed E-state index contributed by atoms with van der Waals surface area (Å²) >= 11 is 0. The van der Waals surface area contributed by atoms with Crippen molar-refractivity contribution in [3.63, 3.8) is 0 Å². The van der Waals surface area contributed by atoms with Crippen LogP contribution in [0.4, 0.5) is 11.6 Å². The molecule has 0 aliphatic heterocycles. The van der Waals surface area contributed by atoms with E-state index in [1.165, 1.54) is 0 Å². The van der Waals surface area contributed by atoms with Gasteiger partial charge in [-0.1, -0.05) is 6.07 Å². The van der Waals surface area contributed by atoms with Crippen molar-refractivity contribution in [2.75, 3.05) is 30.4 Å². The lowest BCUT2D eigenvalue weighted by Crippen LogP contribution is -2.34. The molecule has 0 saturated heterocycles. The lowest BCUT2D eigenvalue weighted by Gasteiger charge is -2.20. The normalized spacial score (nSPS) is 9.73. The van der Waals surface area contributed by atoms with Gasteiger partial charge in [-0.25, -0.2) is 4.98 Å². The predicted octanol–water partition coefficient (Wildman–Crippen LogP) is 0.435. The van der Waals surface area contributed by atoms with Crippen LogP contribution in [0.15, 0.2) is 18.2 Å². The molecule has 1 rings (SSSR count). The Kier molecular flexibility index (Phi) is 3.91. The maximum atomic E-state index is 10.8. The standard InChI is InChI=1S/C10H16N4O/c1-3-14(7-8(11)15)10-6-4-5-9(12-2)13-10/h4-6H,3,7H2,1-2H3,(H2,11,15)(H,12,13). The highest BCUT2D eigenvalue weighted by atomic mass is 16.1. The maximum absolute atomic E-state index is 10.8. The molecule has 0 spiro atoms. The number of nitrogens with one attached hydrogen (secondary N) is 1. The van der Waals surface area contributed by atoms with Gasteiger partial charge in [-0.05, 0) is 19.1 Å². The third-order valence-corrected chi connectivity index (χ3v) is 2.04. The molecule has 82 valence electrons. The molecule has 0 bridgehead atoms. The molecule has 5 nitrogen and oxygen atoms in total. The van der Waals surface area contributed by atoms with Gasteiger partial charge in [0.1, 0.15) is 11.6 Å². The summed E-state index contributed by atoms with van der Waals surface area (Å²) in [5.41, 5.74) is 5.15. The largest absolute Gasteiger partial charge is 0.373 e. The number of likely N-dealkylation sites (N-methyl/N-ethyl adjacent to an activating group) is 1. The van der Waals surface area contributed by atoms with Gasteiger partial charge in [0.25, 0.3) is 0 Å². The van der Waals surface area contributed by atoms with Gasteiger partial charge in [-0.15, -0.1) is 0 Å². The van der Waals surface area contributed by atoms with Crippen LogP contribution in [-0.4, -0.2) is 31.0 Å². The van der Waals surface area contributed by atoms with Gasteiger partial charge < -0.3 is 16.0 Å². The van der Waals surface area contributed by atoms with Crippen molar-refractivity contribution in [2.24, 2.45) is 5.73 Å². The fraction of sp³-hybridized carbons (Fsp3) is 0.400. The van der Waals surface area contributed by atoms with E-state index >= 15 is 0 Å². The Balaban J connectivity index is 2.85. The summed E-state index contributed by atoms with van der Waals surface area (Å²) in [5, 5.41) is 2.95. The Hall–Kier alpha value is -1.78.